The Hall–Kier alpha value is -3.13. The van der Waals surface area contributed by atoms with E-state index < -0.39 is 0 Å². The minimum atomic E-state index is 0.0858. The van der Waals surface area contributed by atoms with Crippen molar-refractivity contribution in [2.45, 2.75) is 13.5 Å². The SMILES string of the molecule is Cc1c(-c2ccc3c(c2)OCCO3)cccc1-c1nc2c(Cl)cc(CNCCO)cn2n1. The van der Waals surface area contributed by atoms with Crippen LogP contribution in [0, 0.1) is 6.92 Å². The molecule has 1 aliphatic rings. The molecule has 8 heteroatoms. The van der Waals surface area contributed by atoms with Gasteiger partial charge in [-0.05, 0) is 47.4 Å². The standard InChI is InChI=1S/C24H23ClN4O3/c1-15-18(17-5-6-21-22(12-17)32-10-9-31-21)3-2-4-19(15)23-27-24-20(25)11-16(13-26-7-8-30)14-29(24)28-23/h2-6,11-12,14,26,30H,7-10,13H2,1H3. The average molecular weight is 451 g/mol. The van der Waals surface area contributed by atoms with Crippen molar-refractivity contribution in [2.75, 3.05) is 26.4 Å². The first kappa shape index (κ1) is 20.8. The maximum Gasteiger partial charge on any atom is 0.182 e. The van der Waals surface area contributed by atoms with E-state index in [1.165, 1.54) is 0 Å². The van der Waals surface area contributed by atoms with E-state index in [-0.39, 0.29) is 6.61 Å². The van der Waals surface area contributed by atoms with Gasteiger partial charge in [-0.1, -0.05) is 35.9 Å². The van der Waals surface area contributed by atoms with E-state index in [0.29, 0.717) is 42.8 Å². The summed E-state index contributed by atoms with van der Waals surface area (Å²) in [7, 11) is 0. The maximum atomic E-state index is 8.96. The van der Waals surface area contributed by atoms with E-state index >= 15 is 0 Å². The summed E-state index contributed by atoms with van der Waals surface area (Å²) in [5.74, 6) is 2.15. The summed E-state index contributed by atoms with van der Waals surface area (Å²) in [6, 6.07) is 14.0. The zero-order chi connectivity index (χ0) is 22.1. The number of ether oxygens (including phenoxy) is 2. The second kappa shape index (κ2) is 8.78. The molecule has 0 spiro atoms. The Morgan fingerprint density at radius 2 is 1.91 bits per heavy atom. The second-order valence-electron chi connectivity index (χ2n) is 7.64. The molecule has 5 rings (SSSR count). The van der Waals surface area contributed by atoms with Crippen LogP contribution in [-0.4, -0.2) is 46.1 Å². The Labute approximate surface area is 190 Å². The molecule has 0 radical (unpaired) electrons. The van der Waals surface area contributed by atoms with E-state index in [4.69, 9.17) is 36.3 Å². The van der Waals surface area contributed by atoms with Crippen molar-refractivity contribution >= 4 is 17.2 Å². The molecule has 0 saturated heterocycles. The number of fused-ring (bicyclic) bond motifs is 2. The van der Waals surface area contributed by atoms with Gasteiger partial charge in [-0.15, -0.1) is 5.10 Å². The summed E-state index contributed by atoms with van der Waals surface area (Å²) in [4.78, 5) is 4.70. The Kier molecular flexibility index (Phi) is 5.70. The Morgan fingerprint density at radius 3 is 2.75 bits per heavy atom. The van der Waals surface area contributed by atoms with Crippen LogP contribution < -0.4 is 14.8 Å². The number of rotatable bonds is 6. The molecule has 1 aliphatic heterocycles. The van der Waals surface area contributed by atoms with Crippen molar-refractivity contribution in [2.24, 2.45) is 0 Å². The van der Waals surface area contributed by atoms with E-state index in [9.17, 15) is 0 Å². The Morgan fingerprint density at radius 1 is 1.09 bits per heavy atom. The summed E-state index contributed by atoms with van der Waals surface area (Å²) >= 11 is 6.48. The molecule has 0 unspecified atom stereocenters. The molecular weight excluding hydrogens is 428 g/mol. The molecule has 2 N–H and O–H groups in total. The van der Waals surface area contributed by atoms with Crippen LogP contribution in [0.1, 0.15) is 11.1 Å². The van der Waals surface area contributed by atoms with Gasteiger partial charge in [-0.3, -0.25) is 0 Å². The molecule has 0 aliphatic carbocycles. The predicted molar refractivity (Wildman–Crippen MR) is 123 cm³/mol. The van der Waals surface area contributed by atoms with Crippen LogP contribution in [0.3, 0.4) is 0 Å². The molecule has 32 heavy (non-hydrogen) atoms. The fourth-order valence-corrected chi connectivity index (χ4v) is 4.19. The lowest BCUT2D eigenvalue weighted by molar-refractivity contribution is 0.171. The third-order valence-corrected chi connectivity index (χ3v) is 5.77. The van der Waals surface area contributed by atoms with Crippen LogP contribution in [0.2, 0.25) is 5.02 Å². The zero-order valence-electron chi connectivity index (χ0n) is 17.6. The topological polar surface area (TPSA) is 80.9 Å². The average Bonchev–Trinajstić information content (AvgIpc) is 3.24. The first-order valence-corrected chi connectivity index (χ1v) is 10.9. The molecule has 3 heterocycles. The molecule has 164 valence electrons. The van der Waals surface area contributed by atoms with Crippen LogP contribution >= 0.6 is 11.6 Å². The maximum absolute atomic E-state index is 8.96. The van der Waals surface area contributed by atoms with Crippen LogP contribution in [0.25, 0.3) is 28.2 Å². The number of halogens is 1. The normalized spacial score (nSPS) is 13.0. The van der Waals surface area contributed by atoms with Crippen molar-refractivity contribution < 1.29 is 14.6 Å². The van der Waals surface area contributed by atoms with Crippen LogP contribution in [0.15, 0.2) is 48.7 Å². The van der Waals surface area contributed by atoms with Gasteiger partial charge < -0.3 is 19.9 Å². The minimum absolute atomic E-state index is 0.0858. The molecule has 7 nitrogen and oxygen atoms in total. The zero-order valence-corrected chi connectivity index (χ0v) is 18.4. The highest BCUT2D eigenvalue weighted by Gasteiger charge is 2.17. The van der Waals surface area contributed by atoms with Crippen LogP contribution in [0.5, 0.6) is 11.5 Å². The number of aliphatic hydroxyl groups is 1. The number of aliphatic hydroxyl groups excluding tert-OH is 1. The fraction of sp³-hybridized carbons (Fsp3) is 0.250. The highest BCUT2D eigenvalue weighted by atomic mass is 35.5. The van der Waals surface area contributed by atoms with E-state index in [0.717, 1.165) is 39.3 Å². The molecule has 0 amide bonds. The van der Waals surface area contributed by atoms with E-state index in [1.54, 1.807) is 4.52 Å². The van der Waals surface area contributed by atoms with Crippen LogP contribution in [-0.2, 0) is 6.54 Å². The summed E-state index contributed by atoms with van der Waals surface area (Å²) in [6.45, 7) is 4.39. The van der Waals surface area contributed by atoms with Crippen molar-refractivity contribution in [3.05, 3.63) is 64.8 Å². The fourth-order valence-electron chi connectivity index (χ4n) is 3.92. The quantitative estimate of drug-likeness (QED) is 0.434. The lowest BCUT2D eigenvalue weighted by Gasteiger charge is -2.19. The second-order valence-corrected chi connectivity index (χ2v) is 8.04. The van der Waals surface area contributed by atoms with Crippen molar-refractivity contribution in [1.82, 2.24) is 19.9 Å². The summed E-state index contributed by atoms with van der Waals surface area (Å²) in [6.07, 6.45) is 1.90. The number of nitrogens with one attached hydrogen (secondary N) is 1. The predicted octanol–water partition coefficient (Wildman–Crippen LogP) is 3.88. The first-order chi connectivity index (χ1) is 15.6. The third kappa shape index (κ3) is 3.90. The molecule has 2 aromatic carbocycles. The van der Waals surface area contributed by atoms with Gasteiger partial charge in [0.2, 0.25) is 0 Å². The highest BCUT2D eigenvalue weighted by molar-refractivity contribution is 6.33. The van der Waals surface area contributed by atoms with E-state index in [1.807, 2.05) is 42.6 Å². The van der Waals surface area contributed by atoms with Crippen LogP contribution in [0.4, 0.5) is 0 Å². The molecule has 0 fully saturated rings. The molecule has 0 atom stereocenters. The van der Waals surface area contributed by atoms with Gasteiger partial charge in [0, 0.05) is 24.8 Å². The summed E-state index contributed by atoms with van der Waals surface area (Å²) < 4.78 is 13.1. The van der Waals surface area contributed by atoms with Crippen molar-refractivity contribution in [3.8, 4) is 34.0 Å². The van der Waals surface area contributed by atoms with Gasteiger partial charge in [-0.2, -0.15) is 0 Å². The van der Waals surface area contributed by atoms with Gasteiger partial charge in [0.15, 0.2) is 23.0 Å². The van der Waals surface area contributed by atoms with E-state index in [2.05, 4.69) is 18.3 Å². The monoisotopic (exact) mass is 450 g/mol. The van der Waals surface area contributed by atoms with Gasteiger partial charge >= 0.3 is 0 Å². The summed E-state index contributed by atoms with van der Waals surface area (Å²) in [5.41, 5.74) is 5.72. The number of hydrogen-bond acceptors (Lipinski definition) is 6. The van der Waals surface area contributed by atoms with Crippen molar-refractivity contribution in [1.29, 1.82) is 0 Å². The lowest BCUT2D eigenvalue weighted by atomic mass is 9.96. The van der Waals surface area contributed by atoms with Gasteiger partial charge in [0.25, 0.3) is 0 Å². The number of benzene rings is 2. The number of aromatic nitrogens is 3. The molecule has 0 bridgehead atoms. The minimum Gasteiger partial charge on any atom is -0.486 e. The van der Waals surface area contributed by atoms with Crippen molar-refractivity contribution in [3.63, 3.8) is 0 Å². The first-order valence-electron chi connectivity index (χ1n) is 10.5. The number of hydrogen-bond donors (Lipinski definition) is 2. The molecule has 4 aromatic rings. The third-order valence-electron chi connectivity index (χ3n) is 5.49. The van der Waals surface area contributed by atoms with Gasteiger partial charge in [0.1, 0.15) is 13.2 Å². The smallest absolute Gasteiger partial charge is 0.182 e. The van der Waals surface area contributed by atoms with Gasteiger partial charge in [-0.25, -0.2) is 9.50 Å². The number of pyridine rings is 1. The highest BCUT2D eigenvalue weighted by Crippen LogP contribution is 2.37. The Bertz CT molecular complexity index is 1290. The largest absolute Gasteiger partial charge is 0.486 e. The Balaban J connectivity index is 1.52. The number of nitrogens with zero attached hydrogens (tertiary/aromatic N) is 3. The molecular formula is C24H23ClN4O3. The molecule has 0 saturated carbocycles. The summed E-state index contributed by atoms with van der Waals surface area (Å²) in [5, 5.41) is 17.3. The van der Waals surface area contributed by atoms with Gasteiger partial charge in [0.05, 0.1) is 11.6 Å². The molecule has 2 aromatic heterocycles. The lowest BCUT2D eigenvalue weighted by Crippen LogP contribution is -2.17.